The summed E-state index contributed by atoms with van der Waals surface area (Å²) in [5.41, 5.74) is 1.05. The molecule has 9 nitrogen and oxygen atoms in total. The molecule has 0 bridgehead atoms. The van der Waals surface area contributed by atoms with Crippen molar-refractivity contribution in [1.82, 2.24) is 24.3 Å². The largest absolute Gasteiger partial charge is 0.495 e. The van der Waals surface area contributed by atoms with E-state index in [0.29, 0.717) is 64.9 Å². The van der Waals surface area contributed by atoms with Crippen LogP contribution in [0.3, 0.4) is 0 Å². The third-order valence-corrected chi connectivity index (χ3v) is 7.00. The average molecular weight is 531 g/mol. The van der Waals surface area contributed by atoms with Gasteiger partial charge in [-0.25, -0.2) is 4.98 Å². The average Bonchev–Trinajstić information content (AvgIpc) is 2.90. The number of fused-ring (bicyclic) bond motifs is 1. The summed E-state index contributed by atoms with van der Waals surface area (Å²) in [4.78, 5) is 38.6. The zero-order valence-electron chi connectivity index (χ0n) is 20.3. The van der Waals surface area contributed by atoms with Crippen molar-refractivity contribution >= 4 is 46.1 Å². The van der Waals surface area contributed by atoms with Gasteiger partial charge < -0.3 is 15.0 Å². The fraction of sp³-hybridized carbons (Fsp3) is 0.360. The van der Waals surface area contributed by atoms with Crippen LogP contribution in [-0.4, -0.2) is 77.1 Å². The first-order valence-electron chi connectivity index (χ1n) is 11.6. The van der Waals surface area contributed by atoms with Crippen LogP contribution < -0.4 is 15.6 Å². The van der Waals surface area contributed by atoms with Crippen LogP contribution in [0, 0.1) is 0 Å². The number of benzene rings is 1. The van der Waals surface area contributed by atoms with E-state index in [2.05, 4.69) is 26.8 Å². The number of carbonyl (C=O) groups is 1. The number of piperazine rings is 1. The molecular formula is C25H28Cl2N6O3. The number of hydrogen-bond donors (Lipinski definition) is 1. The Balaban J connectivity index is 1.66. The molecular weight excluding hydrogens is 503 g/mol. The van der Waals surface area contributed by atoms with Crippen LogP contribution >= 0.6 is 23.2 Å². The summed E-state index contributed by atoms with van der Waals surface area (Å²) in [7, 11) is 3.24. The van der Waals surface area contributed by atoms with Gasteiger partial charge in [-0.2, -0.15) is 4.98 Å². The fourth-order valence-corrected chi connectivity index (χ4v) is 5.03. The maximum atomic E-state index is 13.8. The van der Waals surface area contributed by atoms with Crippen molar-refractivity contribution in [2.24, 2.45) is 0 Å². The quantitative estimate of drug-likeness (QED) is 0.445. The summed E-state index contributed by atoms with van der Waals surface area (Å²) in [6.07, 6.45) is 3.74. The molecule has 0 atom stereocenters. The van der Waals surface area contributed by atoms with E-state index in [-0.39, 0.29) is 16.5 Å². The van der Waals surface area contributed by atoms with Crippen LogP contribution in [-0.2, 0) is 11.3 Å². The lowest BCUT2D eigenvalue weighted by atomic mass is 10.1. The number of anilines is 1. The highest BCUT2D eigenvalue weighted by molar-refractivity contribution is 6.40. The molecule has 36 heavy (non-hydrogen) atoms. The number of hydrogen-bond acceptors (Lipinski definition) is 7. The molecule has 1 aliphatic rings. The molecule has 0 aliphatic carbocycles. The van der Waals surface area contributed by atoms with Crippen molar-refractivity contribution in [3.63, 3.8) is 0 Å². The zero-order valence-corrected chi connectivity index (χ0v) is 21.8. The maximum Gasteiger partial charge on any atom is 0.260 e. The van der Waals surface area contributed by atoms with Crippen LogP contribution in [0.2, 0.25) is 10.0 Å². The van der Waals surface area contributed by atoms with Gasteiger partial charge in [-0.3, -0.25) is 19.1 Å². The third-order valence-electron chi connectivity index (χ3n) is 6.31. The first-order chi connectivity index (χ1) is 17.4. The number of rotatable bonds is 8. The van der Waals surface area contributed by atoms with E-state index in [9.17, 15) is 9.59 Å². The van der Waals surface area contributed by atoms with E-state index >= 15 is 0 Å². The Bertz CT molecular complexity index is 1350. The summed E-state index contributed by atoms with van der Waals surface area (Å²) >= 11 is 13.1. The Morgan fingerprint density at radius 1 is 1.22 bits per heavy atom. The topological polar surface area (TPSA) is 92.6 Å². The lowest BCUT2D eigenvalue weighted by Gasteiger charge is -2.34. The number of ether oxygens (including phenoxy) is 1. The number of amides is 1. The minimum atomic E-state index is -0.248. The minimum absolute atomic E-state index is 0.0422. The molecule has 3 aromatic rings. The van der Waals surface area contributed by atoms with Gasteiger partial charge in [-0.15, -0.1) is 0 Å². The van der Waals surface area contributed by atoms with E-state index in [1.165, 1.54) is 13.2 Å². The molecule has 1 amide bonds. The molecule has 11 heteroatoms. The number of aryl methyl sites for hydroxylation is 1. The normalized spacial score (nSPS) is 14.2. The van der Waals surface area contributed by atoms with Gasteiger partial charge in [0.25, 0.3) is 5.56 Å². The van der Waals surface area contributed by atoms with Gasteiger partial charge in [0.2, 0.25) is 11.9 Å². The van der Waals surface area contributed by atoms with E-state index < -0.39 is 0 Å². The van der Waals surface area contributed by atoms with Crippen molar-refractivity contribution < 1.29 is 9.53 Å². The smallest absolute Gasteiger partial charge is 0.260 e. The molecule has 1 saturated heterocycles. The molecule has 1 N–H and O–H groups in total. The second-order valence-corrected chi connectivity index (χ2v) is 9.19. The molecule has 0 spiro atoms. The maximum absolute atomic E-state index is 13.8. The monoisotopic (exact) mass is 530 g/mol. The Hall–Kier alpha value is -3.14. The van der Waals surface area contributed by atoms with Gasteiger partial charge in [0.1, 0.15) is 11.4 Å². The fourth-order valence-electron chi connectivity index (χ4n) is 4.38. The number of methoxy groups -OCH3 is 1. The molecule has 0 saturated carbocycles. The molecule has 2 aromatic heterocycles. The van der Waals surface area contributed by atoms with E-state index in [4.69, 9.17) is 27.9 Å². The molecule has 3 heterocycles. The van der Waals surface area contributed by atoms with E-state index in [0.717, 1.165) is 19.6 Å². The Morgan fingerprint density at radius 3 is 2.64 bits per heavy atom. The zero-order chi connectivity index (χ0) is 25.8. The molecule has 4 rings (SSSR count). The second kappa shape index (κ2) is 11.3. The predicted octanol–water partition coefficient (Wildman–Crippen LogP) is 3.54. The first kappa shape index (κ1) is 25.9. The summed E-state index contributed by atoms with van der Waals surface area (Å²) in [6.45, 7) is 7.64. The number of nitrogens with one attached hydrogen (secondary N) is 1. The summed E-state index contributed by atoms with van der Waals surface area (Å²) in [5.74, 6) is 0.807. The van der Waals surface area contributed by atoms with Gasteiger partial charge in [-0.1, -0.05) is 29.8 Å². The van der Waals surface area contributed by atoms with Crippen molar-refractivity contribution in [2.45, 2.75) is 13.0 Å². The van der Waals surface area contributed by atoms with E-state index in [1.807, 2.05) is 0 Å². The molecule has 190 valence electrons. The highest BCUT2D eigenvalue weighted by Crippen LogP contribution is 2.39. The number of aromatic nitrogens is 3. The number of pyridine rings is 1. The van der Waals surface area contributed by atoms with Crippen molar-refractivity contribution in [2.75, 3.05) is 52.2 Å². The standard InChI is InChI=1S/C25H28Cl2N6O3/c1-4-20(34)32-12-10-31(11-13-32)8-5-9-33-23-16(15-29-25(28-2)30-23)14-17(24(33)35)21-18(26)6-7-19(36-3)22(21)27/h4,6-7,14-15H,1,5,8-13H2,2-3H3,(H,28,29,30). The van der Waals surface area contributed by atoms with Crippen LogP contribution in [0.4, 0.5) is 5.95 Å². The Morgan fingerprint density at radius 2 is 1.97 bits per heavy atom. The van der Waals surface area contributed by atoms with E-state index in [1.54, 1.807) is 40.9 Å². The van der Waals surface area contributed by atoms with Gasteiger partial charge in [0.05, 0.1) is 22.7 Å². The molecule has 0 radical (unpaired) electrons. The minimum Gasteiger partial charge on any atom is -0.495 e. The Labute approximate surface area is 219 Å². The van der Waals surface area contributed by atoms with Gasteiger partial charge in [0, 0.05) is 56.9 Å². The highest BCUT2D eigenvalue weighted by Gasteiger charge is 2.21. The second-order valence-electron chi connectivity index (χ2n) is 8.40. The number of carbonyl (C=O) groups excluding carboxylic acids is 1. The summed E-state index contributed by atoms with van der Waals surface area (Å²) in [5, 5.41) is 4.24. The van der Waals surface area contributed by atoms with Gasteiger partial charge >= 0.3 is 0 Å². The van der Waals surface area contributed by atoms with Crippen molar-refractivity contribution in [3.8, 4) is 16.9 Å². The van der Waals surface area contributed by atoms with Gasteiger partial charge in [-0.05, 0) is 37.2 Å². The number of nitrogens with zero attached hydrogens (tertiary/aromatic N) is 5. The predicted molar refractivity (Wildman–Crippen MR) is 143 cm³/mol. The Kier molecular flexibility index (Phi) is 8.13. The lowest BCUT2D eigenvalue weighted by Crippen LogP contribution is -2.48. The van der Waals surface area contributed by atoms with Crippen LogP contribution in [0.15, 0.2) is 41.8 Å². The summed E-state index contributed by atoms with van der Waals surface area (Å²) < 4.78 is 6.99. The molecule has 1 fully saturated rings. The van der Waals surface area contributed by atoms with Crippen LogP contribution in [0.1, 0.15) is 6.42 Å². The molecule has 0 unspecified atom stereocenters. The van der Waals surface area contributed by atoms with Gasteiger partial charge in [0.15, 0.2) is 0 Å². The van der Waals surface area contributed by atoms with Crippen LogP contribution in [0.25, 0.3) is 22.2 Å². The van der Waals surface area contributed by atoms with Crippen molar-refractivity contribution in [1.29, 1.82) is 0 Å². The molecule has 1 aliphatic heterocycles. The number of halogens is 2. The van der Waals surface area contributed by atoms with Crippen molar-refractivity contribution in [3.05, 3.63) is 57.4 Å². The lowest BCUT2D eigenvalue weighted by molar-refractivity contribution is -0.127. The SMILES string of the molecule is C=CC(=O)N1CCN(CCCn2c(=O)c(-c3c(Cl)ccc(OC)c3Cl)cc3cnc(NC)nc32)CC1. The highest BCUT2D eigenvalue weighted by atomic mass is 35.5. The van der Waals surface area contributed by atoms with Crippen LogP contribution in [0.5, 0.6) is 5.75 Å². The first-order valence-corrected chi connectivity index (χ1v) is 12.4. The third kappa shape index (κ3) is 5.18. The molecule has 1 aromatic carbocycles. The summed E-state index contributed by atoms with van der Waals surface area (Å²) in [6, 6.07) is 5.04.